The Labute approximate surface area is 140 Å². The van der Waals surface area contributed by atoms with Crippen molar-refractivity contribution in [3.05, 3.63) is 30.1 Å². The highest BCUT2D eigenvalue weighted by Crippen LogP contribution is 2.29. The summed E-state index contributed by atoms with van der Waals surface area (Å²) < 4.78 is 2.24. The molecule has 0 aliphatic carbocycles. The maximum atomic E-state index is 6.15. The molecule has 0 fully saturated rings. The van der Waals surface area contributed by atoms with Gasteiger partial charge in [0.15, 0.2) is 11.8 Å². The van der Waals surface area contributed by atoms with Crippen LogP contribution in [0.5, 0.6) is 0 Å². The standard InChI is InChI=1S/C17H23N7/c1-2-6-13-23-14-15(24(13)10-5-9-21-17(19)20)11-7-3-4-8-12(11)22-16(14)18/h3-4,7-8H,2,5-6,9-10H2,1H3,(H2,18,22)(H4,19,20,21). The first-order valence-electron chi connectivity index (χ1n) is 8.20. The number of fused-ring (bicyclic) bond motifs is 3. The number of rotatable bonds is 6. The van der Waals surface area contributed by atoms with E-state index < -0.39 is 0 Å². The van der Waals surface area contributed by atoms with Gasteiger partial charge in [0, 0.05) is 24.9 Å². The molecule has 3 rings (SSSR count). The zero-order chi connectivity index (χ0) is 17.1. The Morgan fingerprint density at radius 1 is 1.21 bits per heavy atom. The number of para-hydroxylation sites is 1. The molecule has 6 N–H and O–H groups in total. The number of imidazole rings is 1. The molecule has 126 valence electrons. The molecular weight excluding hydrogens is 302 g/mol. The van der Waals surface area contributed by atoms with Crippen LogP contribution in [-0.4, -0.2) is 27.0 Å². The molecule has 0 bridgehead atoms. The van der Waals surface area contributed by atoms with E-state index in [4.69, 9.17) is 22.2 Å². The van der Waals surface area contributed by atoms with Crippen molar-refractivity contribution in [3.8, 4) is 0 Å². The summed E-state index contributed by atoms with van der Waals surface area (Å²) in [6.07, 6.45) is 2.74. The van der Waals surface area contributed by atoms with Gasteiger partial charge < -0.3 is 21.8 Å². The summed E-state index contributed by atoms with van der Waals surface area (Å²) in [5.74, 6) is 1.63. The van der Waals surface area contributed by atoms with Gasteiger partial charge in [-0.1, -0.05) is 25.1 Å². The predicted octanol–water partition coefficient (Wildman–Crippen LogP) is 1.78. The van der Waals surface area contributed by atoms with Gasteiger partial charge in [0.1, 0.15) is 11.3 Å². The molecule has 0 atom stereocenters. The summed E-state index contributed by atoms with van der Waals surface area (Å²) >= 11 is 0. The molecule has 0 radical (unpaired) electrons. The third kappa shape index (κ3) is 2.97. The maximum absolute atomic E-state index is 6.15. The van der Waals surface area contributed by atoms with Gasteiger partial charge in [-0.05, 0) is 18.9 Å². The van der Waals surface area contributed by atoms with E-state index in [1.54, 1.807) is 0 Å². The summed E-state index contributed by atoms with van der Waals surface area (Å²) in [7, 11) is 0. The number of anilines is 1. The van der Waals surface area contributed by atoms with Gasteiger partial charge in [-0.15, -0.1) is 0 Å². The van der Waals surface area contributed by atoms with Crippen LogP contribution in [-0.2, 0) is 13.0 Å². The molecule has 24 heavy (non-hydrogen) atoms. The molecule has 0 aliphatic rings. The highest BCUT2D eigenvalue weighted by atomic mass is 15.1. The molecule has 0 spiro atoms. The van der Waals surface area contributed by atoms with Crippen molar-refractivity contribution in [1.82, 2.24) is 14.5 Å². The van der Waals surface area contributed by atoms with E-state index in [9.17, 15) is 0 Å². The van der Waals surface area contributed by atoms with Crippen molar-refractivity contribution in [3.63, 3.8) is 0 Å². The minimum absolute atomic E-state index is 0.123. The van der Waals surface area contributed by atoms with Gasteiger partial charge in [0.05, 0.1) is 11.0 Å². The third-order valence-corrected chi connectivity index (χ3v) is 4.00. The summed E-state index contributed by atoms with van der Waals surface area (Å²) in [6.45, 7) is 3.52. The lowest BCUT2D eigenvalue weighted by molar-refractivity contribution is 0.627. The molecular formula is C17H23N7. The quantitative estimate of drug-likeness (QED) is 0.362. The molecule has 7 heteroatoms. The van der Waals surface area contributed by atoms with Crippen LogP contribution < -0.4 is 17.2 Å². The maximum Gasteiger partial charge on any atom is 0.185 e. The Kier molecular flexibility index (Phi) is 4.50. The Morgan fingerprint density at radius 2 is 2.00 bits per heavy atom. The number of guanidine groups is 1. The average Bonchev–Trinajstić information content (AvgIpc) is 2.91. The number of aryl methyl sites for hydroxylation is 2. The lowest BCUT2D eigenvalue weighted by Gasteiger charge is -2.10. The molecule has 0 amide bonds. The molecule has 0 unspecified atom stereocenters. The van der Waals surface area contributed by atoms with Gasteiger partial charge in [-0.25, -0.2) is 9.97 Å². The van der Waals surface area contributed by atoms with E-state index >= 15 is 0 Å². The fourth-order valence-corrected chi connectivity index (χ4v) is 3.00. The molecule has 2 aromatic heterocycles. The molecule has 1 aromatic carbocycles. The number of nitrogens with two attached hydrogens (primary N) is 3. The summed E-state index contributed by atoms with van der Waals surface area (Å²) in [5, 5.41) is 1.07. The number of nitrogen functional groups attached to an aromatic ring is 1. The second kappa shape index (κ2) is 6.74. The van der Waals surface area contributed by atoms with Gasteiger partial charge in [-0.2, -0.15) is 0 Å². The second-order valence-corrected chi connectivity index (χ2v) is 5.80. The topological polar surface area (TPSA) is 121 Å². The van der Waals surface area contributed by atoms with Crippen molar-refractivity contribution in [2.75, 3.05) is 12.3 Å². The number of aliphatic imine (C=N–C) groups is 1. The molecule has 0 saturated carbocycles. The fraction of sp³-hybridized carbons (Fsp3) is 0.353. The van der Waals surface area contributed by atoms with Gasteiger partial charge in [-0.3, -0.25) is 4.99 Å². The van der Waals surface area contributed by atoms with Crippen LogP contribution >= 0.6 is 0 Å². The first-order valence-corrected chi connectivity index (χ1v) is 8.20. The number of pyridine rings is 1. The van der Waals surface area contributed by atoms with Crippen LogP contribution in [0.25, 0.3) is 21.9 Å². The lowest BCUT2D eigenvalue weighted by Crippen LogP contribution is -2.23. The van der Waals surface area contributed by atoms with E-state index in [0.717, 1.165) is 53.6 Å². The fourth-order valence-electron chi connectivity index (χ4n) is 3.00. The number of hydrogen-bond acceptors (Lipinski definition) is 4. The lowest BCUT2D eigenvalue weighted by atomic mass is 10.2. The Morgan fingerprint density at radius 3 is 2.75 bits per heavy atom. The zero-order valence-corrected chi connectivity index (χ0v) is 13.9. The summed E-state index contributed by atoms with van der Waals surface area (Å²) in [6, 6.07) is 8.01. The second-order valence-electron chi connectivity index (χ2n) is 5.80. The van der Waals surface area contributed by atoms with Gasteiger partial charge in [0.2, 0.25) is 0 Å². The first kappa shape index (κ1) is 16.0. The average molecular weight is 325 g/mol. The van der Waals surface area contributed by atoms with E-state index in [2.05, 4.69) is 27.5 Å². The monoisotopic (exact) mass is 325 g/mol. The zero-order valence-electron chi connectivity index (χ0n) is 13.9. The van der Waals surface area contributed by atoms with Crippen LogP contribution in [0.4, 0.5) is 5.82 Å². The largest absolute Gasteiger partial charge is 0.382 e. The van der Waals surface area contributed by atoms with E-state index in [1.165, 1.54) is 0 Å². The molecule has 2 heterocycles. The van der Waals surface area contributed by atoms with E-state index in [-0.39, 0.29) is 5.96 Å². The Bertz CT molecular complexity index is 891. The summed E-state index contributed by atoms with van der Waals surface area (Å²) in [4.78, 5) is 13.3. The van der Waals surface area contributed by atoms with Crippen LogP contribution in [0, 0.1) is 0 Å². The Hall–Kier alpha value is -2.83. The van der Waals surface area contributed by atoms with Crippen molar-refractivity contribution in [2.45, 2.75) is 32.7 Å². The predicted molar refractivity (Wildman–Crippen MR) is 98.7 cm³/mol. The first-order chi connectivity index (χ1) is 11.6. The van der Waals surface area contributed by atoms with E-state index in [0.29, 0.717) is 12.4 Å². The molecule has 3 aromatic rings. The number of hydrogen-bond donors (Lipinski definition) is 3. The molecule has 0 aliphatic heterocycles. The number of nitrogens with zero attached hydrogens (tertiary/aromatic N) is 4. The minimum Gasteiger partial charge on any atom is -0.382 e. The highest BCUT2D eigenvalue weighted by molar-refractivity contribution is 6.06. The minimum atomic E-state index is 0.123. The summed E-state index contributed by atoms with van der Waals surface area (Å²) in [5.41, 5.74) is 19.7. The van der Waals surface area contributed by atoms with Crippen molar-refractivity contribution in [1.29, 1.82) is 0 Å². The van der Waals surface area contributed by atoms with E-state index in [1.807, 2.05) is 18.2 Å². The van der Waals surface area contributed by atoms with Crippen LogP contribution in [0.2, 0.25) is 0 Å². The smallest absolute Gasteiger partial charge is 0.185 e. The number of benzene rings is 1. The molecule has 0 saturated heterocycles. The normalized spacial score (nSPS) is 11.2. The van der Waals surface area contributed by atoms with Gasteiger partial charge >= 0.3 is 0 Å². The third-order valence-electron chi connectivity index (χ3n) is 4.00. The molecule has 7 nitrogen and oxygen atoms in total. The highest BCUT2D eigenvalue weighted by Gasteiger charge is 2.16. The van der Waals surface area contributed by atoms with Crippen molar-refractivity contribution < 1.29 is 0 Å². The van der Waals surface area contributed by atoms with Crippen LogP contribution in [0.15, 0.2) is 29.3 Å². The van der Waals surface area contributed by atoms with Crippen molar-refractivity contribution >= 4 is 33.7 Å². The Balaban J connectivity index is 2.12. The van der Waals surface area contributed by atoms with Gasteiger partial charge in [0.25, 0.3) is 0 Å². The SMILES string of the molecule is CCCc1nc2c(N)nc3ccccc3c2n1CCCN=C(N)N. The number of aromatic nitrogens is 3. The van der Waals surface area contributed by atoms with Crippen LogP contribution in [0.3, 0.4) is 0 Å². The van der Waals surface area contributed by atoms with Crippen molar-refractivity contribution in [2.24, 2.45) is 16.5 Å². The van der Waals surface area contributed by atoms with Crippen LogP contribution in [0.1, 0.15) is 25.6 Å².